The maximum Gasteiger partial charge on any atom is 0.283 e. The second-order valence-electron chi connectivity index (χ2n) is 6.99. The second kappa shape index (κ2) is 7.90. The van der Waals surface area contributed by atoms with Crippen molar-refractivity contribution in [3.05, 3.63) is 59.6 Å². The third kappa shape index (κ3) is 3.71. The molecule has 1 aromatic carbocycles. The van der Waals surface area contributed by atoms with E-state index in [9.17, 15) is 4.79 Å². The minimum atomic E-state index is -0.126. The van der Waals surface area contributed by atoms with Crippen LogP contribution in [0.4, 0.5) is 5.69 Å². The van der Waals surface area contributed by atoms with Gasteiger partial charge in [-0.05, 0) is 62.7 Å². The molecule has 0 unspecified atom stereocenters. The number of hydrogen-bond donors (Lipinski definition) is 1. The van der Waals surface area contributed by atoms with Gasteiger partial charge >= 0.3 is 0 Å². The number of benzene rings is 1. The number of methoxy groups -OCH3 is 1. The molecule has 30 heavy (non-hydrogen) atoms. The first kappa shape index (κ1) is 19.5. The summed E-state index contributed by atoms with van der Waals surface area (Å²) in [7, 11) is 1.61. The summed E-state index contributed by atoms with van der Waals surface area (Å²) in [6.45, 7) is 5.95. The molecule has 0 aliphatic carbocycles. The summed E-state index contributed by atoms with van der Waals surface area (Å²) in [6.07, 6.45) is 1.55. The summed E-state index contributed by atoms with van der Waals surface area (Å²) >= 11 is 0. The molecule has 4 aromatic rings. The molecular weight excluding hydrogens is 384 g/mol. The first-order chi connectivity index (χ1) is 14.5. The van der Waals surface area contributed by atoms with Crippen LogP contribution in [0.5, 0.6) is 5.75 Å². The van der Waals surface area contributed by atoms with Crippen molar-refractivity contribution in [1.82, 2.24) is 14.8 Å². The van der Waals surface area contributed by atoms with Gasteiger partial charge in [0.2, 0.25) is 11.8 Å². The Morgan fingerprint density at radius 2 is 1.93 bits per heavy atom. The molecule has 1 amide bonds. The number of rotatable bonds is 6. The van der Waals surface area contributed by atoms with E-state index >= 15 is 0 Å². The Bertz CT molecular complexity index is 1190. The predicted octanol–water partition coefficient (Wildman–Crippen LogP) is 4.37. The van der Waals surface area contributed by atoms with Crippen molar-refractivity contribution in [2.24, 2.45) is 0 Å². The van der Waals surface area contributed by atoms with Crippen LogP contribution >= 0.6 is 0 Å². The lowest BCUT2D eigenvalue weighted by Crippen LogP contribution is -2.20. The van der Waals surface area contributed by atoms with Gasteiger partial charge in [-0.2, -0.15) is 0 Å². The average Bonchev–Trinajstić information content (AvgIpc) is 3.46. The fourth-order valence-electron chi connectivity index (χ4n) is 3.33. The summed E-state index contributed by atoms with van der Waals surface area (Å²) in [5.74, 6) is 1.83. The third-order valence-corrected chi connectivity index (χ3v) is 4.97. The Kier molecular flexibility index (Phi) is 5.14. The van der Waals surface area contributed by atoms with Crippen LogP contribution in [0.1, 0.15) is 17.0 Å². The smallest absolute Gasteiger partial charge is 0.283 e. The molecule has 0 spiro atoms. The van der Waals surface area contributed by atoms with Crippen molar-refractivity contribution in [2.75, 3.05) is 12.4 Å². The lowest BCUT2D eigenvalue weighted by molar-refractivity contribution is -0.116. The molecule has 8 heteroatoms. The zero-order valence-electron chi connectivity index (χ0n) is 17.2. The quantitative estimate of drug-likeness (QED) is 0.511. The molecule has 3 heterocycles. The molecule has 0 saturated carbocycles. The molecule has 0 aliphatic rings. The van der Waals surface area contributed by atoms with E-state index in [0.717, 1.165) is 34.0 Å². The molecule has 8 nitrogen and oxygen atoms in total. The Labute approximate surface area is 173 Å². The first-order valence-corrected chi connectivity index (χ1v) is 9.45. The first-order valence-electron chi connectivity index (χ1n) is 9.45. The van der Waals surface area contributed by atoms with Gasteiger partial charge in [-0.25, -0.2) is 0 Å². The Balaban J connectivity index is 1.53. The van der Waals surface area contributed by atoms with E-state index in [0.29, 0.717) is 17.5 Å². The highest BCUT2D eigenvalue weighted by atomic mass is 16.5. The van der Waals surface area contributed by atoms with Crippen molar-refractivity contribution < 1.29 is 18.4 Å². The number of furan rings is 1. The number of carbonyl (C=O) groups is 1. The molecule has 0 aliphatic heterocycles. The lowest BCUT2D eigenvalue weighted by Gasteiger charge is -2.12. The molecule has 0 bridgehead atoms. The summed E-state index contributed by atoms with van der Waals surface area (Å²) in [5, 5.41) is 11.1. The van der Waals surface area contributed by atoms with Gasteiger partial charge in [-0.1, -0.05) is 0 Å². The average molecular weight is 406 g/mol. The van der Waals surface area contributed by atoms with Gasteiger partial charge in [-0.3, -0.25) is 4.79 Å². The van der Waals surface area contributed by atoms with Crippen LogP contribution in [-0.4, -0.2) is 27.8 Å². The number of anilines is 1. The molecule has 0 radical (unpaired) electrons. The summed E-state index contributed by atoms with van der Waals surface area (Å²) in [5.41, 5.74) is 4.25. The van der Waals surface area contributed by atoms with Crippen LogP contribution in [0.25, 0.3) is 23.1 Å². The van der Waals surface area contributed by atoms with Crippen molar-refractivity contribution in [2.45, 2.75) is 27.3 Å². The van der Waals surface area contributed by atoms with E-state index in [2.05, 4.69) is 15.5 Å². The van der Waals surface area contributed by atoms with Crippen molar-refractivity contribution in [1.29, 1.82) is 0 Å². The highest BCUT2D eigenvalue weighted by Gasteiger charge is 2.19. The molecule has 1 N–H and O–H groups in total. The Morgan fingerprint density at radius 1 is 1.13 bits per heavy atom. The van der Waals surface area contributed by atoms with Gasteiger partial charge in [0.15, 0.2) is 5.76 Å². The predicted molar refractivity (Wildman–Crippen MR) is 111 cm³/mol. The van der Waals surface area contributed by atoms with Crippen LogP contribution in [0, 0.1) is 20.8 Å². The number of nitrogens with zero attached hydrogens (tertiary/aromatic N) is 3. The molecule has 3 aromatic heterocycles. The fourth-order valence-corrected chi connectivity index (χ4v) is 3.33. The third-order valence-electron chi connectivity index (χ3n) is 4.97. The van der Waals surface area contributed by atoms with E-state index in [1.807, 2.05) is 49.6 Å². The zero-order valence-corrected chi connectivity index (χ0v) is 17.2. The standard InChI is InChI=1S/C22H22N4O4/c1-13-10-16(28-4)7-8-18(13)23-20(27)12-26-14(2)11-17(15(26)3)21-24-25-22(30-21)19-6-5-9-29-19/h5-11H,12H2,1-4H3,(H,23,27). The van der Waals surface area contributed by atoms with Crippen LogP contribution in [-0.2, 0) is 11.3 Å². The SMILES string of the molecule is COc1ccc(NC(=O)Cn2c(C)cc(-c3nnc(-c4ccco4)o3)c2C)c(C)c1. The minimum Gasteiger partial charge on any atom is -0.497 e. The minimum absolute atomic E-state index is 0.126. The van der Waals surface area contributed by atoms with E-state index in [-0.39, 0.29) is 12.5 Å². The number of amides is 1. The lowest BCUT2D eigenvalue weighted by atomic mass is 10.2. The van der Waals surface area contributed by atoms with Crippen LogP contribution in [0.2, 0.25) is 0 Å². The molecule has 0 fully saturated rings. The van der Waals surface area contributed by atoms with Crippen molar-refractivity contribution in [3.63, 3.8) is 0 Å². The zero-order chi connectivity index (χ0) is 21.3. The molecule has 0 saturated heterocycles. The Morgan fingerprint density at radius 3 is 2.63 bits per heavy atom. The van der Waals surface area contributed by atoms with Gasteiger partial charge in [0.25, 0.3) is 5.89 Å². The maximum atomic E-state index is 12.7. The highest BCUT2D eigenvalue weighted by Crippen LogP contribution is 2.29. The fraction of sp³-hybridized carbons (Fsp3) is 0.227. The van der Waals surface area contributed by atoms with Crippen LogP contribution in [0.15, 0.2) is 51.5 Å². The highest BCUT2D eigenvalue weighted by molar-refractivity contribution is 5.91. The van der Waals surface area contributed by atoms with Crippen molar-refractivity contribution in [3.8, 4) is 28.9 Å². The maximum absolute atomic E-state index is 12.7. The van der Waals surface area contributed by atoms with Gasteiger partial charge in [0.05, 0.1) is 18.9 Å². The van der Waals surface area contributed by atoms with E-state index in [1.54, 1.807) is 25.5 Å². The topological polar surface area (TPSA) is 95.3 Å². The van der Waals surface area contributed by atoms with E-state index in [1.165, 1.54) is 0 Å². The molecule has 4 rings (SSSR count). The number of nitrogens with one attached hydrogen (secondary N) is 1. The van der Waals surface area contributed by atoms with Crippen LogP contribution in [0.3, 0.4) is 0 Å². The van der Waals surface area contributed by atoms with Gasteiger partial charge in [0.1, 0.15) is 12.3 Å². The van der Waals surface area contributed by atoms with Gasteiger partial charge in [-0.15, -0.1) is 10.2 Å². The Hall–Kier alpha value is -3.81. The molecule has 0 atom stereocenters. The number of ether oxygens (including phenoxy) is 1. The van der Waals surface area contributed by atoms with E-state index < -0.39 is 0 Å². The number of aromatic nitrogens is 3. The summed E-state index contributed by atoms with van der Waals surface area (Å²) < 4.78 is 18.2. The summed E-state index contributed by atoms with van der Waals surface area (Å²) in [4.78, 5) is 12.7. The normalized spacial score (nSPS) is 10.9. The summed E-state index contributed by atoms with van der Waals surface area (Å²) in [6, 6.07) is 11.0. The second-order valence-corrected chi connectivity index (χ2v) is 6.99. The number of carbonyl (C=O) groups excluding carboxylic acids is 1. The number of aryl methyl sites for hydroxylation is 2. The molecule has 154 valence electrons. The monoisotopic (exact) mass is 406 g/mol. The molecular formula is C22H22N4O4. The van der Waals surface area contributed by atoms with Crippen LogP contribution < -0.4 is 10.1 Å². The largest absolute Gasteiger partial charge is 0.497 e. The van der Waals surface area contributed by atoms with Crippen molar-refractivity contribution >= 4 is 11.6 Å². The van der Waals surface area contributed by atoms with E-state index in [4.69, 9.17) is 13.6 Å². The van der Waals surface area contributed by atoms with Gasteiger partial charge in [0, 0.05) is 17.1 Å². The number of hydrogen-bond acceptors (Lipinski definition) is 6. The van der Waals surface area contributed by atoms with Gasteiger partial charge < -0.3 is 23.5 Å².